The third-order valence-corrected chi connectivity index (χ3v) is 4.44. The van der Waals surface area contributed by atoms with Crippen molar-refractivity contribution in [2.24, 2.45) is 0 Å². The summed E-state index contributed by atoms with van der Waals surface area (Å²) in [5, 5.41) is 7.95. The highest BCUT2D eigenvalue weighted by atomic mass is 19.3. The lowest BCUT2D eigenvalue weighted by Gasteiger charge is -2.17. The van der Waals surface area contributed by atoms with E-state index in [1.54, 1.807) is 19.1 Å². The molecule has 1 atom stereocenters. The molecule has 154 valence electrons. The fourth-order valence-electron chi connectivity index (χ4n) is 2.82. The predicted molar refractivity (Wildman–Crippen MR) is 105 cm³/mol. The molecule has 0 saturated heterocycles. The number of amides is 3. The van der Waals surface area contributed by atoms with Crippen molar-refractivity contribution in [1.29, 1.82) is 0 Å². The minimum Gasteiger partial charge on any atom is -0.435 e. The molecule has 2 aromatic carbocycles. The zero-order valence-corrected chi connectivity index (χ0v) is 16.0. The van der Waals surface area contributed by atoms with Crippen molar-refractivity contribution in [3.05, 3.63) is 59.7 Å². The van der Waals surface area contributed by atoms with Crippen molar-refractivity contribution >= 4 is 17.6 Å². The Morgan fingerprint density at radius 3 is 2.52 bits per heavy atom. The Kier molecular flexibility index (Phi) is 6.64. The van der Waals surface area contributed by atoms with E-state index in [-0.39, 0.29) is 11.8 Å². The molecular weight excluding hydrogens is 380 g/mol. The molecule has 1 aliphatic carbocycles. The number of carbonyl (C=O) groups is 2. The summed E-state index contributed by atoms with van der Waals surface area (Å²) < 4.78 is 30.1. The molecule has 3 N–H and O–H groups in total. The van der Waals surface area contributed by atoms with Crippen LogP contribution in [0.25, 0.3) is 0 Å². The van der Waals surface area contributed by atoms with Gasteiger partial charge in [0, 0.05) is 23.7 Å². The molecule has 3 amide bonds. The van der Waals surface area contributed by atoms with E-state index in [0.29, 0.717) is 17.7 Å². The standard InChI is InChI=1S/C21H23F2N3O3/c1-13(19(27)26-21(28)25-16-7-8-16)24-17-9-10-18(29-20(22)23)15(12-17)11-14-5-3-2-4-6-14/h2-6,9-10,12-13,16,20,24H,7-8,11H2,1H3,(H2,25,26,27,28). The first-order valence-electron chi connectivity index (χ1n) is 9.40. The molecule has 0 aromatic heterocycles. The first-order chi connectivity index (χ1) is 13.9. The number of hydrogen-bond donors (Lipinski definition) is 3. The summed E-state index contributed by atoms with van der Waals surface area (Å²) >= 11 is 0. The van der Waals surface area contributed by atoms with E-state index in [4.69, 9.17) is 0 Å². The number of nitrogens with one attached hydrogen (secondary N) is 3. The molecule has 6 nitrogen and oxygen atoms in total. The number of halogens is 2. The normalized spacial score (nSPS) is 14.2. The van der Waals surface area contributed by atoms with Gasteiger partial charge in [-0.25, -0.2) is 4.79 Å². The van der Waals surface area contributed by atoms with E-state index < -0.39 is 24.6 Å². The molecule has 1 saturated carbocycles. The van der Waals surface area contributed by atoms with Crippen molar-refractivity contribution in [2.75, 3.05) is 5.32 Å². The van der Waals surface area contributed by atoms with Gasteiger partial charge in [-0.1, -0.05) is 30.3 Å². The molecule has 0 heterocycles. The molecule has 0 radical (unpaired) electrons. The van der Waals surface area contributed by atoms with Crippen LogP contribution in [0.1, 0.15) is 30.9 Å². The second-order valence-electron chi connectivity index (χ2n) is 6.97. The number of urea groups is 1. The number of benzene rings is 2. The zero-order chi connectivity index (χ0) is 20.8. The topological polar surface area (TPSA) is 79.5 Å². The van der Waals surface area contributed by atoms with Crippen LogP contribution >= 0.6 is 0 Å². The number of hydrogen-bond acceptors (Lipinski definition) is 4. The van der Waals surface area contributed by atoms with E-state index >= 15 is 0 Å². The SMILES string of the molecule is CC(Nc1ccc(OC(F)F)c(Cc2ccccc2)c1)C(=O)NC(=O)NC1CC1. The van der Waals surface area contributed by atoms with Gasteiger partial charge in [-0.3, -0.25) is 10.1 Å². The zero-order valence-electron chi connectivity index (χ0n) is 16.0. The van der Waals surface area contributed by atoms with Crippen molar-refractivity contribution in [3.8, 4) is 5.75 Å². The van der Waals surface area contributed by atoms with E-state index in [2.05, 4.69) is 20.7 Å². The third-order valence-electron chi connectivity index (χ3n) is 4.44. The molecule has 1 fully saturated rings. The van der Waals surface area contributed by atoms with E-state index in [1.807, 2.05) is 30.3 Å². The lowest BCUT2D eigenvalue weighted by molar-refractivity contribution is -0.120. The second-order valence-corrected chi connectivity index (χ2v) is 6.97. The Labute approximate surface area is 167 Å². The number of anilines is 1. The van der Waals surface area contributed by atoms with Gasteiger partial charge in [0.1, 0.15) is 11.8 Å². The maximum Gasteiger partial charge on any atom is 0.387 e. The lowest BCUT2D eigenvalue weighted by atomic mass is 10.0. The molecule has 29 heavy (non-hydrogen) atoms. The van der Waals surface area contributed by atoms with Crippen LogP contribution in [0.4, 0.5) is 19.3 Å². The van der Waals surface area contributed by atoms with Crippen LogP contribution in [0.2, 0.25) is 0 Å². The fraction of sp³-hybridized carbons (Fsp3) is 0.333. The van der Waals surface area contributed by atoms with Crippen molar-refractivity contribution < 1.29 is 23.1 Å². The van der Waals surface area contributed by atoms with Gasteiger partial charge in [0.2, 0.25) is 5.91 Å². The molecule has 8 heteroatoms. The summed E-state index contributed by atoms with van der Waals surface area (Å²) in [7, 11) is 0. The van der Waals surface area contributed by atoms with Crippen molar-refractivity contribution in [2.45, 2.75) is 44.9 Å². The number of imide groups is 1. The second kappa shape index (κ2) is 9.36. The van der Waals surface area contributed by atoms with E-state index in [1.165, 1.54) is 6.07 Å². The molecule has 2 aromatic rings. The van der Waals surface area contributed by atoms with Gasteiger partial charge in [-0.15, -0.1) is 0 Å². The number of rotatable bonds is 8. The monoisotopic (exact) mass is 403 g/mol. The fourth-order valence-corrected chi connectivity index (χ4v) is 2.82. The van der Waals surface area contributed by atoms with Crippen LogP contribution in [0.5, 0.6) is 5.75 Å². The third kappa shape index (κ3) is 6.44. The van der Waals surface area contributed by atoms with Gasteiger partial charge >= 0.3 is 12.6 Å². The van der Waals surface area contributed by atoms with Gasteiger partial charge in [-0.2, -0.15) is 8.78 Å². The molecule has 0 spiro atoms. The maximum absolute atomic E-state index is 12.7. The molecule has 1 unspecified atom stereocenters. The Hall–Kier alpha value is -3.16. The summed E-state index contributed by atoms with van der Waals surface area (Å²) in [6, 6.07) is 13.0. The molecule has 3 rings (SSSR count). The Morgan fingerprint density at radius 1 is 1.14 bits per heavy atom. The minimum absolute atomic E-state index is 0.0790. The summed E-state index contributed by atoms with van der Waals surface area (Å²) in [5.41, 5.74) is 2.05. The minimum atomic E-state index is -2.93. The van der Waals surface area contributed by atoms with Gasteiger partial charge in [0.15, 0.2) is 0 Å². The highest BCUT2D eigenvalue weighted by Gasteiger charge is 2.25. The first kappa shape index (κ1) is 20.6. The van der Waals surface area contributed by atoms with Crippen LogP contribution in [-0.4, -0.2) is 30.6 Å². The molecule has 0 aliphatic heterocycles. The largest absolute Gasteiger partial charge is 0.435 e. The lowest BCUT2D eigenvalue weighted by Crippen LogP contribution is -2.46. The first-order valence-corrected chi connectivity index (χ1v) is 9.40. The van der Waals surface area contributed by atoms with Crippen molar-refractivity contribution in [3.63, 3.8) is 0 Å². The Balaban J connectivity index is 1.68. The van der Waals surface area contributed by atoms with Crippen LogP contribution in [-0.2, 0) is 11.2 Å². The van der Waals surface area contributed by atoms with Gasteiger partial charge in [-0.05, 0) is 43.5 Å². The van der Waals surface area contributed by atoms with Gasteiger partial charge in [0.25, 0.3) is 0 Å². The molecule has 1 aliphatic rings. The van der Waals surface area contributed by atoms with E-state index in [0.717, 1.165) is 18.4 Å². The van der Waals surface area contributed by atoms with Crippen LogP contribution in [0.3, 0.4) is 0 Å². The quantitative estimate of drug-likeness (QED) is 0.628. The van der Waals surface area contributed by atoms with Gasteiger partial charge < -0.3 is 15.4 Å². The summed E-state index contributed by atoms with van der Waals surface area (Å²) in [6.45, 7) is -1.32. The van der Waals surface area contributed by atoms with Gasteiger partial charge in [0.05, 0.1) is 0 Å². The molecular formula is C21H23F2N3O3. The number of ether oxygens (including phenoxy) is 1. The number of alkyl halides is 2. The summed E-state index contributed by atoms with van der Waals surface area (Å²) in [6.07, 6.45) is 2.24. The summed E-state index contributed by atoms with van der Waals surface area (Å²) in [5.74, 6) is -0.406. The number of carbonyl (C=O) groups excluding carboxylic acids is 2. The van der Waals surface area contributed by atoms with Crippen LogP contribution in [0.15, 0.2) is 48.5 Å². The Morgan fingerprint density at radius 2 is 1.86 bits per heavy atom. The highest BCUT2D eigenvalue weighted by Crippen LogP contribution is 2.27. The van der Waals surface area contributed by atoms with Crippen LogP contribution in [0, 0.1) is 0 Å². The summed E-state index contributed by atoms with van der Waals surface area (Å²) in [4.78, 5) is 23.9. The van der Waals surface area contributed by atoms with Crippen molar-refractivity contribution in [1.82, 2.24) is 10.6 Å². The molecule has 0 bridgehead atoms. The van der Waals surface area contributed by atoms with E-state index in [9.17, 15) is 18.4 Å². The average molecular weight is 403 g/mol. The predicted octanol–water partition coefficient (Wildman–Crippen LogP) is 3.67. The Bertz CT molecular complexity index is 858. The smallest absolute Gasteiger partial charge is 0.387 e. The maximum atomic E-state index is 12.7. The average Bonchev–Trinajstić information content (AvgIpc) is 3.48. The highest BCUT2D eigenvalue weighted by molar-refractivity contribution is 5.98. The van der Waals surface area contributed by atoms with Crippen LogP contribution < -0.4 is 20.7 Å².